The van der Waals surface area contributed by atoms with E-state index in [9.17, 15) is 9.59 Å². The number of benzene rings is 1. The van der Waals surface area contributed by atoms with Crippen LogP contribution in [0.25, 0.3) is 0 Å². The molecule has 0 radical (unpaired) electrons. The van der Waals surface area contributed by atoms with Gasteiger partial charge in [0.1, 0.15) is 0 Å². The minimum Gasteiger partial charge on any atom is -0.326 e. The molecule has 1 aromatic rings. The zero-order valence-corrected chi connectivity index (χ0v) is 10.1. The third-order valence-corrected chi connectivity index (χ3v) is 2.48. The summed E-state index contributed by atoms with van der Waals surface area (Å²) in [5, 5.41) is 3.31. The number of anilines is 1. The highest BCUT2D eigenvalue weighted by Crippen LogP contribution is 2.14. The molecule has 1 aromatic carbocycles. The normalized spacial score (nSPS) is 9.73. The molecular weight excluding hydrogens is 281 g/mol. The maximum Gasteiger partial charge on any atom is 0.231 e. The summed E-state index contributed by atoms with van der Waals surface area (Å²) in [6.07, 6.45) is -0.127. The Morgan fingerprint density at radius 3 is 2.73 bits per heavy atom. The summed E-state index contributed by atoms with van der Waals surface area (Å²) in [5.74, 6) is -0.490. The summed E-state index contributed by atoms with van der Waals surface area (Å²) in [7, 11) is 0. The van der Waals surface area contributed by atoms with Gasteiger partial charge in [0.05, 0.1) is 11.8 Å². The van der Waals surface area contributed by atoms with Gasteiger partial charge in [-0.1, -0.05) is 33.6 Å². The molecule has 1 amide bonds. The summed E-state index contributed by atoms with van der Waals surface area (Å²) in [5.41, 5.74) is 0.592. The van der Waals surface area contributed by atoms with Gasteiger partial charge in [0.2, 0.25) is 5.91 Å². The van der Waals surface area contributed by atoms with E-state index in [1.165, 1.54) is 0 Å². The fourth-order valence-corrected chi connectivity index (χ4v) is 1.39. The lowest BCUT2D eigenvalue weighted by Gasteiger charge is -2.03. The highest BCUT2D eigenvalue weighted by Gasteiger charge is 2.08. The molecule has 0 aromatic heterocycles. The van der Waals surface area contributed by atoms with E-state index < -0.39 is 0 Å². The van der Waals surface area contributed by atoms with E-state index >= 15 is 0 Å². The number of rotatable bonds is 4. The standard InChI is InChI=1S/C10H9BrClNO2/c11-6-9(14)5-10(15)13-8-3-1-2-7(12)4-8/h1-4H,5-6H2,(H,13,15). The first-order valence-corrected chi connectivity index (χ1v) is 5.75. The van der Waals surface area contributed by atoms with Gasteiger partial charge in [0.15, 0.2) is 5.78 Å². The molecule has 0 spiro atoms. The molecule has 0 unspecified atom stereocenters. The van der Waals surface area contributed by atoms with E-state index in [1.807, 2.05) is 0 Å². The minimum absolute atomic E-state index is 0.127. The first-order chi connectivity index (χ1) is 7.11. The molecule has 3 nitrogen and oxygen atoms in total. The molecular formula is C10H9BrClNO2. The van der Waals surface area contributed by atoms with Crippen LogP contribution in [-0.4, -0.2) is 17.0 Å². The number of nitrogens with one attached hydrogen (secondary N) is 1. The molecule has 0 atom stereocenters. The smallest absolute Gasteiger partial charge is 0.231 e. The van der Waals surface area contributed by atoms with Crippen molar-refractivity contribution in [2.45, 2.75) is 6.42 Å². The number of carbonyl (C=O) groups excluding carboxylic acids is 2. The van der Waals surface area contributed by atoms with Crippen molar-refractivity contribution in [2.24, 2.45) is 0 Å². The SMILES string of the molecule is O=C(CBr)CC(=O)Nc1cccc(Cl)c1. The Labute approximate surface area is 101 Å². The Morgan fingerprint density at radius 1 is 1.40 bits per heavy atom. The molecule has 1 N–H and O–H groups in total. The molecule has 0 saturated carbocycles. The molecule has 0 heterocycles. The number of carbonyl (C=O) groups is 2. The quantitative estimate of drug-likeness (QED) is 0.684. The Morgan fingerprint density at radius 2 is 2.13 bits per heavy atom. The van der Waals surface area contributed by atoms with Crippen LogP contribution in [0.5, 0.6) is 0 Å². The number of Topliss-reactive ketones (excluding diaryl/α,β-unsaturated/α-hetero) is 1. The number of amides is 1. The van der Waals surface area contributed by atoms with Crippen LogP contribution in [0.15, 0.2) is 24.3 Å². The van der Waals surface area contributed by atoms with Gasteiger partial charge in [-0.15, -0.1) is 0 Å². The Kier molecular flexibility index (Phi) is 4.78. The average molecular weight is 291 g/mol. The van der Waals surface area contributed by atoms with Crippen LogP contribution < -0.4 is 5.32 Å². The zero-order valence-electron chi connectivity index (χ0n) is 7.80. The van der Waals surface area contributed by atoms with Crippen LogP contribution in [0.1, 0.15) is 6.42 Å². The number of alkyl halides is 1. The van der Waals surface area contributed by atoms with Gasteiger partial charge >= 0.3 is 0 Å². The first kappa shape index (κ1) is 12.2. The molecule has 80 valence electrons. The van der Waals surface area contributed by atoms with E-state index in [4.69, 9.17) is 11.6 Å². The lowest BCUT2D eigenvalue weighted by molar-refractivity contribution is -0.123. The molecule has 0 aliphatic carbocycles. The van der Waals surface area contributed by atoms with Gasteiger partial charge in [0.25, 0.3) is 0 Å². The second kappa shape index (κ2) is 5.88. The summed E-state index contributed by atoms with van der Waals surface area (Å²) < 4.78 is 0. The minimum atomic E-state index is -0.332. The summed E-state index contributed by atoms with van der Waals surface area (Å²) in [6, 6.07) is 6.77. The van der Waals surface area contributed by atoms with Crippen molar-refractivity contribution in [3.05, 3.63) is 29.3 Å². The van der Waals surface area contributed by atoms with Gasteiger partial charge < -0.3 is 5.32 Å². The Hall–Kier alpha value is -0.870. The van der Waals surface area contributed by atoms with Gasteiger partial charge in [-0.2, -0.15) is 0 Å². The predicted octanol–water partition coefficient (Wildman–Crippen LogP) is 2.63. The molecule has 0 bridgehead atoms. The summed E-state index contributed by atoms with van der Waals surface area (Å²) in [4.78, 5) is 22.2. The van der Waals surface area contributed by atoms with E-state index in [1.54, 1.807) is 24.3 Å². The molecule has 0 aliphatic rings. The monoisotopic (exact) mass is 289 g/mol. The highest BCUT2D eigenvalue weighted by atomic mass is 79.9. The fourth-order valence-electron chi connectivity index (χ4n) is 0.998. The van der Waals surface area contributed by atoms with Crippen molar-refractivity contribution in [1.82, 2.24) is 0 Å². The molecule has 0 saturated heterocycles. The average Bonchev–Trinajstić information content (AvgIpc) is 2.17. The first-order valence-electron chi connectivity index (χ1n) is 4.25. The van der Waals surface area contributed by atoms with Crippen LogP contribution >= 0.6 is 27.5 Å². The van der Waals surface area contributed by atoms with Crippen molar-refractivity contribution in [3.63, 3.8) is 0 Å². The van der Waals surface area contributed by atoms with Gasteiger partial charge in [-0.3, -0.25) is 9.59 Å². The second-order valence-corrected chi connectivity index (χ2v) is 3.90. The van der Waals surface area contributed by atoms with E-state index in [2.05, 4.69) is 21.2 Å². The van der Waals surface area contributed by atoms with E-state index in [0.29, 0.717) is 10.7 Å². The van der Waals surface area contributed by atoms with Gasteiger partial charge in [-0.25, -0.2) is 0 Å². The van der Waals surface area contributed by atoms with E-state index in [-0.39, 0.29) is 23.4 Å². The largest absolute Gasteiger partial charge is 0.326 e. The summed E-state index contributed by atoms with van der Waals surface area (Å²) >= 11 is 8.73. The van der Waals surface area contributed by atoms with Crippen molar-refractivity contribution in [1.29, 1.82) is 0 Å². The van der Waals surface area contributed by atoms with Crippen molar-refractivity contribution < 1.29 is 9.59 Å². The van der Waals surface area contributed by atoms with Crippen molar-refractivity contribution in [3.8, 4) is 0 Å². The molecule has 1 rings (SSSR count). The number of halogens is 2. The fraction of sp³-hybridized carbons (Fsp3) is 0.200. The maximum atomic E-state index is 11.3. The predicted molar refractivity (Wildman–Crippen MR) is 63.5 cm³/mol. The molecule has 0 aliphatic heterocycles. The third-order valence-electron chi connectivity index (χ3n) is 1.62. The van der Waals surface area contributed by atoms with Gasteiger partial charge in [0, 0.05) is 10.7 Å². The molecule has 5 heteroatoms. The van der Waals surface area contributed by atoms with Crippen LogP contribution in [0.3, 0.4) is 0 Å². The van der Waals surface area contributed by atoms with Crippen LogP contribution in [-0.2, 0) is 9.59 Å². The number of ketones is 1. The lowest BCUT2D eigenvalue weighted by atomic mass is 10.2. The Bertz CT molecular complexity index is 381. The molecule has 0 fully saturated rings. The Balaban J connectivity index is 2.55. The second-order valence-electron chi connectivity index (χ2n) is 2.91. The topological polar surface area (TPSA) is 46.2 Å². The number of hydrogen-bond donors (Lipinski definition) is 1. The number of hydrogen-bond acceptors (Lipinski definition) is 2. The van der Waals surface area contributed by atoms with Crippen LogP contribution in [0.4, 0.5) is 5.69 Å². The van der Waals surface area contributed by atoms with E-state index in [0.717, 1.165) is 0 Å². The van der Waals surface area contributed by atoms with Crippen LogP contribution in [0, 0.1) is 0 Å². The van der Waals surface area contributed by atoms with Crippen molar-refractivity contribution in [2.75, 3.05) is 10.6 Å². The highest BCUT2D eigenvalue weighted by molar-refractivity contribution is 9.09. The molecule has 15 heavy (non-hydrogen) atoms. The lowest BCUT2D eigenvalue weighted by Crippen LogP contribution is -2.16. The zero-order chi connectivity index (χ0) is 11.3. The summed E-state index contributed by atoms with van der Waals surface area (Å²) in [6.45, 7) is 0. The maximum absolute atomic E-state index is 11.3. The van der Waals surface area contributed by atoms with Crippen LogP contribution in [0.2, 0.25) is 5.02 Å². The third kappa shape index (κ3) is 4.44. The van der Waals surface area contributed by atoms with Crippen molar-refractivity contribution >= 4 is 44.9 Å². The van der Waals surface area contributed by atoms with Gasteiger partial charge in [-0.05, 0) is 18.2 Å².